The normalized spacial score (nSPS) is 18.1. The minimum absolute atomic E-state index is 0.00000166. The summed E-state index contributed by atoms with van der Waals surface area (Å²) in [5, 5.41) is 6.25. The Morgan fingerprint density at radius 2 is 1.30 bits per heavy atom. The maximum atomic E-state index is 13.6. The van der Waals surface area contributed by atoms with Gasteiger partial charge in [0.2, 0.25) is 0 Å². The van der Waals surface area contributed by atoms with Crippen molar-refractivity contribution in [1.29, 1.82) is 0 Å². The fraction of sp³-hybridized carbons (Fsp3) is 0.200. The SMILES string of the molecule is CCNC(=O)C1OC(n2cnc3c(NCC(c4ccccc4)c4ccccc4)nc(I)nc32)C(OC(=O)c2ccccc2)C1OC(=O)c1ccccc1. The number of halogens is 1. The van der Waals surface area contributed by atoms with Crippen molar-refractivity contribution in [2.24, 2.45) is 0 Å². The standard InChI is InChI=1S/C40H35IN6O6/c1-2-42-36(48)32-31(52-38(49)27-19-11-5-12-20-27)33(53-39(50)28-21-13-6-14-22-28)37(51-32)47-24-44-30-34(45-40(41)46-35(30)47)43-23-29(25-15-7-3-8-16-25)26-17-9-4-10-18-26/h3-22,24,29,31-33,37H,2,23H2,1H3,(H,42,48)(H,43,45,46). The number of aromatic nitrogens is 4. The Bertz CT molecular complexity index is 2150. The molecule has 7 rings (SSSR count). The molecule has 0 spiro atoms. The summed E-state index contributed by atoms with van der Waals surface area (Å²) in [5.41, 5.74) is 3.58. The molecule has 0 aliphatic carbocycles. The zero-order valence-corrected chi connectivity index (χ0v) is 30.7. The summed E-state index contributed by atoms with van der Waals surface area (Å²) in [6.45, 7) is 2.55. The monoisotopic (exact) mass is 822 g/mol. The van der Waals surface area contributed by atoms with Crippen molar-refractivity contribution >= 4 is 57.4 Å². The zero-order valence-electron chi connectivity index (χ0n) is 28.5. The molecule has 0 saturated carbocycles. The molecule has 53 heavy (non-hydrogen) atoms. The zero-order chi connectivity index (χ0) is 36.7. The van der Waals surface area contributed by atoms with E-state index in [-0.39, 0.29) is 17.0 Å². The Morgan fingerprint density at radius 3 is 1.85 bits per heavy atom. The number of nitrogens with zero attached hydrogens (tertiary/aromatic N) is 4. The number of carbonyl (C=O) groups is 3. The number of likely N-dealkylation sites (N-methyl/N-ethyl adjacent to an activating group) is 1. The fourth-order valence-corrected chi connectivity index (χ4v) is 6.80. The molecule has 1 aliphatic rings. The van der Waals surface area contributed by atoms with E-state index in [4.69, 9.17) is 24.2 Å². The second-order valence-electron chi connectivity index (χ2n) is 12.2. The minimum atomic E-state index is -1.34. The van der Waals surface area contributed by atoms with Gasteiger partial charge in [0.25, 0.3) is 5.91 Å². The number of esters is 2. The second kappa shape index (κ2) is 16.3. The first-order chi connectivity index (χ1) is 25.9. The summed E-state index contributed by atoms with van der Waals surface area (Å²) < 4.78 is 20.5. The van der Waals surface area contributed by atoms with E-state index < -0.39 is 42.4 Å². The Morgan fingerprint density at radius 1 is 0.774 bits per heavy atom. The highest BCUT2D eigenvalue weighted by Crippen LogP contribution is 2.37. The first-order valence-corrected chi connectivity index (χ1v) is 18.2. The highest BCUT2D eigenvalue weighted by atomic mass is 127. The maximum Gasteiger partial charge on any atom is 0.338 e. The van der Waals surface area contributed by atoms with E-state index in [9.17, 15) is 14.4 Å². The molecule has 12 nitrogen and oxygen atoms in total. The summed E-state index contributed by atoms with van der Waals surface area (Å²) in [5.74, 6) is -1.45. The fourth-order valence-electron chi connectivity index (χ4n) is 6.33. The van der Waals surface area contributed by atoms with Crippen LogP contribution in [0.3, 0.4) is 0 Å². The molecule has 1 fully saturated rings. The molecule has 1 amide bonds. The lowest BCUT2D eigenvalue weighted by Crippen LogP contribution is -2.46. The van der Waals surface area contributed by atoms with Gasteiger partial charge in [-0.3, -0.25) is 9.36 Å². The molecule has 2 N–H and O–H groups in total. The van der Waals surface area contributed by atoms with E-state index in [1.54, 1.807) is 72.2 Å². The van der Waals surface area contributed by atoms with Crippen molar-refractivity contribution in [2.45, 2.75) is 37.4 Å². The lowest BCUT2D eigenvalue weighted by Gasteiger charge is -2.24. The van der Waals surface area contributed by atoms with E-state index in [0.717, 1.165) is 11.1 Å². The first kappa shape index (κ1) is 35.7. The molecule has 4 unspecified atom stereocenters. The van der Waals surface area contributed by atoms with E-state index in [0.29, 0.717) is 33.9 Å². The van der Waals surface area contributed by atoms with Gasteiger partial charge < -0.3 is 24.8 Å². The second-order valence-corrected chi connectivity index (χ2v) is 13.2. The van der Waals surface area contributed by atoms with E-state index >= 15 is 0 Å². The maximum absolute atomic E-state index is 13.6. The number of hydrogen-bond acceptors (Lipinski definition) is 10. The van der Waals surface area contributed by atoms with Crippen molar-refractivity contribution in [3.05, 3.63) is 154 Å². The van der Waals surface area contributed by atoms with Crippen LogP contribution in [0.4, 0.5) is 5.82 Å². The van der Waals surface area contributed by atoms with Gasteiger partial charge in [-0.2, -0.15) is 0 Å². The molecule has 2 aromatic heterocycles. The van der Waals surface area contributed by atoms with E-state index in [1.807, 2.05) is 59.0 Å². The third kappa shape index (κ3) is 7.90. The average Bonchev–Trinajstić information content (AvgIpc) is 3.77. The van der Waals surface area contributed by atoms with Gasteiger partial charge in [0.05, 0.1) is 17.5 Å². The van der Waals surface area contributed by atoms with Crippen LogP contribution in [-0.2, 0) is 19.0 Å². The van der Waals surface area contributed by atoms with Crippen LogP contribution in [0.15, 0.2) is 128 Å². The number of nitrogens with one attached hydrogen (secondary N) is 2. The Labute approximate surface area is 319 Å². The number of fused-ring (bicyclic) bond motifs is 1. The number of ether oxygens (including phenoxy) is 3. The predicted octanol–water partition coefficient (Wildman–Crippen LogP) is 6.16. The van der Waals surface area contributed by atoms with E-state index in [1.165, 1.54) is 6.33 Å². The third-order valence-corrected chi connectivity index (χ3v) is 9.33. The van der Waals surface area contributed by atoms with Crippen molar-refractivity contribution in [2.75, 3.05) is 18.4 Å². The molecule has 1 saturated heterocycles. The van der Waals surface area contributed by atoms with Crippen molar-refractivity contribution in [3.8, 4) is 0 Å². The van der Waals surface area contributed by atoms with Gasteiger partial charge in [-0.1, -0.05) is 97.1 Å². The first-order valence-electron chi connectivity index (χ1n) is 17.1. The van der Waals surface area contributed by atoms with Crippen LogP contribution in [0.5, 0.6) is 0 Å². The molecule has 1 aliphatic heterocycles. The minimum Gasteiger partial charge on any atom is -0.451 e. The topological polar surface area (TPSA) is 147 Å². The lowest BCUT2D eigenvalue weighted by molar-refractivity contribution is -0.137. The predicted molar refractivity (Wildman–Crippen MR) is 205 cm³/mol. The number of imidazole rings is 1. The summed E-state index contributed by atoms with van der Waals surface area (Å²) in [6.07, 6.45) is -3.63. The van der Waals surface area contributed by atoms with Crippen LogP contribution in [0.2, 0.25) is 0 Å². The number of hydrogen-bond donors (Lipinski definition) is 2. The average molecular weight is 823 g/mol. The highest BCUT2D eigenvalue weighted by Gasteiger charge is 2.54. The van der Waals surface area contributed by atoms with Gasteiger partial charge in [0, 0.05) is 41.6 Å². The van der Waals surface area contributed by atoms with Crippen molar-refractivity contribution in [1.82, 2.24) is 24.8 Å². The summed E-state index contributed by atoms with van der Waals surface area (Å²) >= 11 is 2.03. The van der Waals surface area contributed by atoms with Crippen molar-refractivity contribution < 1.29 is 28.6 Å². The van der Waals surface area contributed by atoms with E-state index in [2.05, 4.69) is 39.9 Å². The Kier molecular flexibility index (Phi) is 11.0. The number of anilines is 1. The molecular weight excluding hydrogens is 787 g/mol. The number of carbonyl (C=O) groups excluding carboxylic acids is 3. The number of rotatable bonds is 12. The highest BCUT2D eigenvalue weighted by molar-refractivity contribution is 14.1. The van der Waals surface area contributed by atoms with Crippen LogP contribution < -0.4 is 10.6 Å². The largest absolute Gasteiger partial charge is 0.451 e. The van der Waals surface area contributed by atoms with Gasteiger partial charge in [-0.05, 0) is 42.3 Å². The third-order valence-electron chi connectivity index (χ3n) is 8.85. The van der Waals surface area contributed by atoms with Crippen molar-refractivity contribution in [3.63, 3.8) is 0 Å². The summed E-state index contributed by atoms with van der Waals surface area (Å²) in [7, 11) is 0. The Balaban J connectivity index is 1.26. The lowest BCUT2D eigenvalue weighted by atomic mass is 9.91. The van der Waals surface area contributed by atoms with Crippen LogP contribution >= 0.6 is 22.6 Å². The molecule has 3 heterocycles. The van der Waals surface area contributed by atoms with Crippen LogP contribution in [-0.4, -0.2) is 68.8 Å². The molecule has 4 atom stereocenters. The Hall–Kier alpha value is -5.67. The molecule has 13 heteroatoms. The summed E-state index contributed by atoms with van der Waals surface area (Å²) in [4.78, 5) is 54.6. The molecule has 0 radical (unpaired) electrons. The van der Waals surface area contributed by atoms with Gasteiger partial charge in [0.15, 0.2) is 45.4 Å². The smallest absolute Gasteiger partial charge is 0.338 e. The molecule has 268 valence electrons. The molecule has 6 aromatic rings. The molecule has 4 aromatic carbocycles. The van der Waals surface area contributed by atoms with Crippen LogP contribution in [0.25, 0.3) is 11.2 Å². The van der Waals surface area contributed by atoms with Crippen LogP contribution in [0.1, 0.15) is 50.9 Å². The number of benzene rings is 4. The van der Waals surface area contributed by atoms with Gasteiger partial charge in [-0.15, -0.1) is 0 Å². The van der Waals surface area contributed by atoms with Gasteiger partial charge in [0.1, 0.15) is 0 Å². The number of amides is 1. The quantitative estimate of drug-likeness (QED) is 0.0837. The molecular formula is C40H35IN6O6. The molecule has 0 bridgehead atoms. The van der Waals surface area contributed by atoms with Gasteiger partial charge >= 0.3 is 11.9 Å². The summed E-state index contributed by atoms with van der Waals surface area (Å²) in [6, 6.07) is 37.2. The van der Waals surface area contributed by atoms with Crippen LogP contribution in [0, 0.1) is 3.83 Å². The van der Waals surface area contributed by atoms with Gasteiger partial charge in [-0.25, -0.2) is 24.5 Å².